The summed E-state index contributed by atoms with van der Waals surface area (Å²) in [6, 6.07) is 20.0. The first kappa shape index (κ1) is 20.2. The summed E-state index contributed by atoms with van der Waals surface area (Å²) in [6.45, 7) is 3.58. The number of rotatable bonds is 7. The van der Waals surface area contributed by atoms with Gasteiger partial charge in [0, 0.05) is 13.1 Å². The molecule has 162 valence electrons. The lowest BCUT2D eigenvalue weighted by Crippen LogP contribution is -2.51. The Kier molecular flexibility index (Phi) is 5.31. The Morgan fingerprint density at radius 1 is 1.03 bits per heavy atom. The molecule has 0 fully saturated rings. The quantitative estimate of drug-likeness (QED) is 0.539. The summed E-state index contributed by atoms with van der Waals surface area (Å²) in [6.07, 6.45) is 2.31. The van der Waals surface area contributed by atoms with Gasteiger partial charge in [-0.3, -0.25) is 19.6 Å². The molecule has 1 atom stereocenters. The van der Waals surface area contributed by atoms with Gasteiger partial charge in [0.25, 0.3) is 0 Å². The van der Waals surface area contributed by atoms with Crippen molar-refractivity contribution in [2.75, 3.05) is 18.0 Å². The Morgan fingerprint density at radius 2 is 1.72 bits per heavy atom. The van der Waals surface area contributed by atoms with E-state index in [4.69, 9.17) is 4.99 Å². The van der Waals surface area contributed by atoms with E-state index in [1.807, 2.05) is 60.0 Å². The number of fused-ring (bicyclic) bond motifs is 3. The standard InChI is InChI=1S/C25H25N5O2/c1-2-13-28-24-22(29(21(17-31)27-24)15-19-11-7-4-8-12-19)23-26-20(16-30(23)25(28)32)14-18-9-5-3-6-10-18/h3-12,17,20H,2,13-16H2,1H3/t20-/m1/s1. The highest BCUT2D eigenvalue weighted by atomic mass is 16.2. The SMILES string of the molecule is CCCN1C(=O)N2C[C@@H](Cc3ccccc3)N=C2c2c1nc(C=O)n2Cc1ccccc1. The van der Waals surface area contributed by atoms with Crippen molar-refractivity contribution in [2.45, 2.75) is 32.4 Å². The van der Waals surface area contributed by atoms with E-state index in [0.717, 1.165) is 30.4 Å². The molecule has 7 nitrogen and oxygen atoms in total. The van der Waals surface area contributed by atoms with Gasteiger partial charge < -0.3 is 4.57 Å². The second kappa shape index (κ2) is 8.42. The zero-order chi connectivity index (χ0) is 22.1. The van der Waals surface area contributed by atoms with E-state index >= 15 is 0 Å². The molecule has 0 unspecified atom stereocenters. The van der Waals surface area contributed by atoms with Crippen LogP contribution >= 0.6 is 0 Å². The van der Waals surface area contributed by atoms with Crippen LogP contribution < -0.4 is 4.90 Å². The van der Waals surface area contributed by atoms with Crippen LogP contribution in [-0.2, 0) is 13.0 Å². The minimum absolute atomic E-state index is 0.0365. The molecule has 0 N–H and O–H groups in total. The number of carbonyl (C=O) groups is 2. The van der Waals surface area contributed by atoms with Crippen molar-refractivity contribution in [1.82, 2.24) is 14.5 Å². The average molecular weight is 428 g/mol. The van der Waals surface area contributed by atoms with E-state index in [0.29, 0.717) is 37.1 Å². The van der Waals surface area contributed by atoms with Crippen LogP contribution in [0.3, 0.4) is 0 Å². The van der Waals surface area contributed by atoms with E-state index in [2.05, 4.69) is 17.1 Å². The monoisotopic (exact) mass is 427 g/mol. The number of urea groups is 1. The molecule has 3 aromatic rings. The average Bonchev–Trinajstić information content (AvgIpc) is 3.39. The number of hydrogen-bond acceptors (Lipinski definition) is 4. The third kappa shape index (κ3) is 3.49. The van der Waals surface area contributed by atoms with Crippen molar-refractivity contribution in [1.29, 1.82) is 0 Å². The molecule has 0 saturated heterocycles. The van der Waals surface area contributed by atoms with Crippen molar-refractivity contribution < 1.29 is 9.59 Å². The van der Waals surface area contributed by atoms with E-state index in [1.54, 1.807) is 9.80 Å². The van der Waals surface area contributed by atoms with Crippen molar-refractivity contribution in [3.05, 3.63) is 83.3 Å². The zero-order valence-corrected chi connectivity index (χ0v) is 18.0. The van der Waals surface area contributed by atoms with Crippen molar-refractivity contribution in [3.63, 3.8) is 0 Å². The highest BCUT2D eigenvalue weighted by Gasteiger charge is 2.43. The Hall–Kier alpha value is -3.74. The van der Waals surface area contributed by atoms with E-state index < -0.39 is 0 Å². The molecular formula is C25H25N5O2. The molecule has 32 heavy (non-hydrogen) atoms. The van der Waals surface area contributed by atoms with Crippen LogP contribution in [0.1, 0.15) is 40.8 Å². The van der Waals surface area contributed by atoms with E-state index in [1.165, 1.54) is 5.56 Å². The molecule has 0 saturated carbocycles. The number of amidine groups is 1. The zero-order valence-electron chi connectivity index (χ0n) is 18.0. The molecule has 3 heterocycles. The molecule has 0 aliphatic carbocycles. The lowest BCUT2D eigenvalue weighted by atomic mass is 10.1. The number of imidazole rings is 1. The van der Waals surface area contributed by atoms with Crippen LogP contribution in [0.25, 0.3) is 0 Å². The Labute approximate surface area is 187 Å². The largest absolute Gasteiger partial charge is 0.331 e. The Bertz CT molecular complexity index is 1170. The van der Waals surface area contributed by atoms with Gasteiger partial charge in [0.2, 0.25) is 0 Å². The third-order valence-corrected chi connectivity index (χ3v) is 5.91. The summed E-state index contributed by atoms with van der Waals surface area (Å²) < 4.78 is 1.89. The van der Waals surface area contributed by atoms with Gasteiger partial charge in [-0.1, -0.05) is 67.6 Å². The normalized spacial score (nSPS) is 17.2. The summed E-state index contributed by atoms with van der Waals surface area (Å²) >= 11 is 0. The van der Waals surface area contributed by atoms with Crippen molar-refractivity contribution >= 4 is 24.0 Å². The second-order valence-corrected chi connectivity index (χ2v) is 8.17. The summed E-state index contributed by atoms with van der Waals surface area (Å²) in [5.74, 6) is 1.46. The number of anilines is 1. The summed E-state index contributed by atoms with van der Waals surface area (Å²) in [5.41, 5.74) is 2.99. The van der Waals surface area contributed by atoms with Crippen LogP contribution in [0.4, 0.5) is 10.6 Å². The highest BCUT2D eigenvalue weighted by Crippen LogP contribution is 2.33. The molecule has 1 aromatic heterocycles. The predicted molar refractivity (Wildman–Crippen MR) is 123 cm³/mol. The maximum atomic E-state index is 13.4. The molecule has 2 aromatic carbocycles. The molecule has 0 radical (unpaired) electrons. The van der Waals surface area contributed by atoms with Crippen LogP contribution in [0.2, 0.25) is 0 Å². The molecule has 0 spiro atoms. The van der Waals surface area contributed by atoms with Gasteiger partial charge in [-0.05, 0) is 24.0 Å². The van der Waals surface area contributed by atoms with Gasteiger partial charge in [0.05, 0.1) is 12.6 Å². The molecule has 7 heteroatoms. The fraction of sp³-hybridized carbons (Fsp3) is 0.280. The van der Waals surface area contributed by atoms with Crippen molar-refractivity contribution in [3.8, 4) is 0 Å². The number of amides is 2. The Balaban J connectivity index is 1.59. The summed E-state index contributed by atoms with van der Waals surface area (Å²) in [7, 11) is 0. The lowest BCUT2D eigenvalue weighted by Gasteiger charge is -2.33. The van der Waals surface area contributed by atoms with Crippen LogP contribution in [0.5, 0.6) is 0 Å². The van der Waals surface area contributed by atoms with Crippen LogP contribution in [0, 0.1) is 0 Å². The van der Waals surface area contributed by atoms with Gasteiger partial charge in [-0.25, -0.2) is 9.78 Å². The van der Waals surface area contributed by atoms with Crippen LogP contribution in [-0.4, -0.2) is 51.7 Å². The topological polar surface area (TPSA) is 70.8 Å². The van der Waals surface area contributed by atoms with Gasteiger partial charge in [0.15, 0.2) is 23.8 Å². The minimum Gasteiger partial charge on any atom is -0.313 e. The molecule has 2 aliphatic heterocycles. The lowest BCUT2D eigenvalue weighted by molar-refractivity contribution is 0.111. The first-order chi connectivity index (χ1) is 15.7. The van der Waals surface area contributed by atoms with Crippen molar-refractivity contribution in [2.24, 2.45) is 4.99 Å². The van der Waals surface area contributed by atoms with Gasteiger partial charge in [-0.15, -0.1) is 0 Å². The smallest absolute Gasteiger partial charge is 0.313 e. The fourth-order valence-corrected chi connectivity index (χ4v) is 4.48. The van der Waals surface area contributed by atoms with Crippen LogP contribution in [0.15, 0.2) is 65.7 Å². The number of benzene rings is 2. The fourth-order valence-electron chi connectivity index (χ4n) is 4.48. The maximum absolute atomic E-state index is 13.4. The molecular weight excluding hydrogens is 402 g/mol. The minimum atomic E-state index is -0.115. The molecule has 0 bridgehead atoms. The molecule has 2 amide bonds. The maximum Gasteiger partial charge on any atom is 0.331 e. The van der Waals surface area contributed by atoms with Gasteiger partial charge >= 0.3 is 6.03 Å². The number of aliphatic imine (C=N–C) groups is 1. The molecule has 2 aliphatic rings. The third-order valence-electron chi connectivity index (χ3n) is 5.91. The predicted octanol–water partition coefficient (Wildman–Crippen LogP) is 3.77. The number of hydrogen-bond donors (Lipinski definition) is 0. The highest BCUT2D eigenvalue weighted by molar-refractivity contribution is 6.19. The molecule has 5 rings (SSSR count). The number of aromatic nitrogens is 2. The summed E-state index contributed by atoms with van der Waals surface area (Å²) in [4.78, 5) is 38.3. The van der Waals surface area contributed by atoms with E-state index in [9.17, 15) is 9.59 Å². The number of nitrogens with zero attached hydrogens (tertiary/aromatic N) is 5. The van der Waals surface area contributed by atoms with Gasteiger partial charge in [0.1, 0.15) is 5.69 Å². The summed E-state index contributed by atoms with van der Waals surface area (Å²) in [5, 5.41) is 0. The van der Waals surface area contributed by atoms with E-state index in [-0.39, 0.29) is 12.1 Å². The number of carbonyl (C=O) groups excluding carboxylic acids is 2. The number of aldehydes is 1. The second-order valence-electron chi connectivity index (χ2n) is 8.17. The first-order valence-corrected chi connectivity index (χ1v) is 11.0. The van der Waals surface area contributed by atoms with Gasteiger partial charge in [-0.2, -0.15) is 0 Å². The Morgan fingerprint density at radius 3 is 2.38 bits per heavy atom. The first-order valence-electron chi connectivity index (χ1n) is 11.0.